The van der Waals surface area contributed by atoms with E-state index in [-0.39, 0.29) is 0 Å². The predicted molar refractivity (Wildman–Crippen MR) is 88.6 cm³/mol. The van der Waals surface area contributed by atoms with Gasteiger partial charge in [-0.25, -0.2) is 4.98 Å². The van der Waals surface area contributed by atoms with Crippen molar-refractivity contribution >= 4 is 11.0 Å². The van der Waals surface area contributed by atoms with Gasteiger partial charge in [-0.15, -0.1) is 0 Å². The molecule has 0 spiro atoms. The van der Waals surface area contributed by atoms with Crippen molar-refractivity contribution in [3.8, 4) is 22.4 Å². The van der Waals surface area contributed by atoms with Crippen molar-refractivity contribution in [3.05, 3.63) is 73.2 Å². The third-order valence-corrected chi connectivity index (χ3v) is 3.72. The Labute approximate surface area is 127 Å². The van der Waals surface area contributed by atoms with Gasteiger partial charge in [0.25, 0.3) is 0 Å². The van der Waals surface area contributed by atoms with Crippen molar-refractivity contribution in [1.29, 1.82) is 0 Å². The van der Waals surface area contributed by atoms with Crippen LogP contribution in [0.25, 0.3) is 33.4 Å². The summed E-state index contributed by atoms with van der Waals surface area (Å²) in [7, 11) is 0. The van der Waals surface area contributed by atoms with Crippen LogP contribution in [0.5, 0.6) is 0 Å². The molecule has 2 N–H and O–H groups in total. The Morgan fingerprint density at radius 1 is 0.864 bits per heavy atom. The molecule has 4 heteroatoms. The van der Waals surface area contributed by atoms with E-state index in [0.29, 0.717) is 0 Å². The zero-order valence-electron chi connectivity index (χ0n) is 11.8. The highest BCUT2D eigenvalue weighted by atomic mass is 15.3. The summed E-state index contributed by atoms with van der Waals surface area (Å²) in [5, 5.41) is 1.00. The molecule has 22 heavy (non-hydrogen) atoms. The topological polar surface area (TPSA) is 56.7 Å². The predicted octanol–water partition coefficient (Wildman–Crippen LogP) is 3.48. The number of pyridine rings is 2. The van der Waals surface area contributed by atoms with Crippen LogP contribution in [0.15, 0.2) is 73.2 Å². The summed E-state index contributed by atoms with van der Waals surface area (Å²) in [6, 6.07) is 18.2. The molecule has 4 aromatic rings. The van der Waals surface area contributed by atoms with Gasteiger partial charge in [-0.1, -0.05) is 36.4 Å². The van der Waals surface area contributed by atoms with E-state index >= 15 is 0 Å². The first-order valence-electron chi connectivity index (χ1n) is 7.06. The third kappa shape index (κ3) is 2.02. The maximum atomic E-state index is 6.03. The van der Waals surface area contributed by atoms with Gasteiger partial charge in [-0.2, -0.15) is 0 Å². The number of nitrogen functional groups attached to an aromatic ring is 1. The molecule has 0 aliphatic rings. The van der Waals surface area contributed by atoms with Crippen LogP contribution in [0.1, 0.15) is 0 Å². The molecule has 4 rings (SSSR count). The van der Waals surface area contributed by atoms with Crippen molar-refractivity contribution in [2.45, 2.75) is 0 Å². The van der Waals surface area contributed by atoms with Crippen molar-refractivity contribution in [3.63, 3.8) is 0 Å². The van der Waals surface area contributed by atoms with Crippen molar-refractivity contribution in [2.24, 2.45) is 0 Å². The summed E-state index contributed by atoms with van der Waals surface area (Å²) in [4.78, 5) is 8.93. The van der Waals surface area contributed by atoms with Crippen LogP contribution in [-0.4, -0.2) is 14.6 Å². The first-order chi connectivity index (χ1) is 10.8. The fraction of sp³-hybridized carbons (Fsp3) is 0. The number of aromatic nitrogens is 3. The van der Waals surface area contributed by atoms with Gasteiger partial charge < -0.3 is 5.84 Å². The molecule has 0 unspecified atom stereocenters. The highest BCUT2D eigenvalue weighted by Crippen LogP contribution is 2.30. The molecule has 0 radical (unpaired) electrons. The number of fused-ring (bicyclic) bond motifs is 1. The number of nitrogens with zero attached hydrogens (tertiary/aromatic N) is 3. The Morgan fingerprint density at radius 3 is 2.45 bits per heavy atom. The molecule has 0 saturated heterocycles. The van der Waals surface area contributed by atoms with Gasteiger partial charge >= 0.3 is 0 Å². The van der Waals surface area contributed by atoms with E-state index in [1.54, 1.807) is 10.9 Å². The second-order valence-corrected chi connectivity index (χ2v) is 5.13. The monoisotopic (exact) mass is 286 g/mol. The second-order valence-electron chi connectivity index (χ2n) is 5.13. The number of benzene rings is 1. The minimum Gasteiger partial charge on any atom is -0.338 e. The molecule has 4 nitrogen and oxygen atoms in total. The molecule has 0 bridgehead atoms. The number of nitrogens with two attached hydrogens (primary N) is 1. The highest BCUT2D eigenvalue weighted by molar-refractivity contribution is 5.95. The molecule has 0 fully saturated rings. The van der Waals surface area contributed by atoms with E-state index < -0.39 is 0 Å². The lowest BCUT2D eigenvalue weighted by Gasteiger charge is -2.03. The lowest BCUT2D eigenvalue weighted by Crippen LogP contribution is -2.06. The van der Waals surface area contributed by atoms with Gasteiger partial charge in [0.1, 0.15) is 0 Å². The number of hydrogen-bond acceptors (Lipinski definition) is 3. The molecule has 0 saturated carbocycles. The Morgan fingerprint density at radius 2 is 1.68 bits per heavy atom. The summed E-state index contributed by atoms with van der Waals surface area (Å²) >= 11 is 0. The smallest absolute Gasteiger partial charge is 0.158 e. The maximum Gasteiger partial charge on any atom is 0.158 e. The van der Waals surface area contributed by atoms with Gasteiger partial charge in [0, 0.05) is 35.1 Å². The second kappa shape index (κ2) is 5.00. The van der Waals surface area contributed by atoms with Gasteiger partial charge in [0.05, 0.1) is 5.69 Å². The van der Waals surface area contributed by atoms with Crippen molar-refractivity contribution < 1.29 is 0 Å². The van der Waals surface area contributed by atoms with Crippen LogP contribution >= 0.6 is 0 Å². The average molecular weight is 286 g/mol. The van der Waals surface area contributed by atoms with E-state index in [9.17, 15) is 0 Å². The third-order valence-electron chi connectivity index (χ3n) is 3.72. The molecule has 3 heterocycles. The minimum atomic E-state index is 0.750. The summed E-state index contributed by atoms with van der Waals surface area (Å²) in [6.45, 7) is 0. The molecular weight excluding hydrogens is 272 g/mol. The van der Waals surface area contributed by atoms with Gasteiger partial charge in [0.15, 0.2) is 5.65 Å². The fourth-order valence-corrected chi connectivity index (χ4v) is 2.65. The van der Waals surface area contributed by atoms with Crippen LogP contribution in [0.4, 0.5) is 0 Å². The molecule has 0 amide bonds. The minimum absolute atomic E-state index is 0.750. The van der Waals surface area contributed by atoms with Gasteiger partial charge in [-0.3, -0.25) is 9.66 Å². The Hall–Kier alpha value is -3.14. The van der Waals surface area contributed by atoms with Crippen LogP contribution in [-0.2, 0) is 0 Å². The van der Waals surface area contributed by atoms with E-state index in [2.05, 4.69) is 28.2 Å². The summed E-state index contributed by atoms with van der Waals surface area (Å²) in [5.74, 6) is 6.03. The lowest BCUT2D eigenvalue weighted by molar-refractivity contribution is 1.04. The first kappa shape index (κ1) is 12.6. The van der Waals surface area contributed by atoms with E-state index in [0.717, 1.165) is 33.4 Å². The van der Waals surface area contributed by atoms with Gasteiger partial charge in [0.2, 0.25) is 0 Å². The number of rotatable bonds is 2. The zero-order chi connectivity index (χ0) is 14.9. The Balaban J connectivity index is 1.96. The standard InChI is InChI=1S/C18H14N4/c19-22-12-16(17-8-4-5-9-20-17)15-10-14(11-21-18(15)22)13-6-2-1-3-7-13/h1-12H,19H2. The van der Waals surface area contributed by atoms with Crippen LogP contribution in [0.2, 0.25) is 0 Å². The molecule has 0 aliphatic carbocycles. The largest absolute Gasteiger partial charge is 0.338 e. The maximum absolute atomic E-state index is 6.03. The lowest BCUT2D eigenvalue weighted by atomic mass is 10.0. The fourth-order valence-electron chi connectivity index (χ4n) is 2.65. The summed E-state index contributed by atoms with van der Waals surface area (Å²) in [6.07, 6.45) is 5.50. The quantitative estimate of drug-likeness (QED) is 0.574. The zero-order valence-corrected chi connectivity index (χ0v) is 11.8. The number of hydrogen-bond donors (Lipinski definition) is 1. The van der Waals surface area contributed by atoms with E-state index in [1.165, 1.54) is 0 Å². The molecule has 0 aliphatic heterocycles. The van der Waals surface area contributed by atoms with Crippen LogP contribution in [0.3, 0.4) is 0 Å². The summed E-state index contributed by atoms with van der Waals surface area (Å²) < 4.78 is 1.55. The molecule has 3 aromatic heterocycles. The first-order valence-corrected chi connectivity index (χ1v) is 7.06. The Bertz CT molecular complexity index is 927. The van der Waals surface area contributed by atoms with E-state index in [1.807, 2.05) is 48.8 Å². The highest BCUT2D eigenvalue weighted by Gasteiger charge is 2.12. The van der Waals surface area contributed by atoms with Crippen molar-refractivity contribution in [2.75, 3.05) is 5.84 Å². The summed E-state index contributed by atoms with van der Waals surface area (Å²) in [5.41, 5.74) is 4.83. The van der Waals surface area contributed by atoms with Crippen molar-refractivity contribution in [1.82, 2.24) is 14.6 Å². The molecule has 0 atom stereocenters. The SMILES string of the molecule is Nn1cc(-c2ccccn2)c2cc(-c3ccccc3)cnc21. The normalized spacial score (nSPS) is 10.9. The molecule has 106 valence electrons. The molecular formula is C18H14N4. The Kier molecular flexibility index (Phi) is 2.86. The average Bonchev–Trinajstić information content (AvgIpc) is 2.93. The van der Waals surface area contributed by atoms with Gasteiger partial charge in [-0.05, 0) is 23.8 Å². The van der Waals surface area contributed by atoms with E-state index in [4.69, 9.17) is 5.84 Å². The van der Waals surface area contributed by atoms with Crippen LogP contribution < -0.4 is 5.84 Å². The molecule has 1 aromatic carbocycles. The van der Waals surface area contributed by atoms with Crippen LogP contribution in [0, 0.1) is 0 Å².